The topological polar surface area (TPSA) is 95.9 Å². The van der Waals surface area contributed by atoms with Crippen molar-refractivity contribution in [1.29, 1.82) is 0 Å². The summed E-state index contributed by atoms with van der Waals surface area (Å²) in [4.78, 5) is 24.6. The van der Waals surface area contributed by atoms with E-state index in [0.29, 0.717) is 25.9 Å². The first-order valence-corrected chi connectivity index (χ1v) is 28.6. The first-order valence-electron chi connectivity index (χ1n) is 28.6. The Kier molecular flexibility index (Phi) is 52.6. The second-order valence-electron chi connectivity index (χ2n) is 19.6. The van der Waals surface area contributed by atoms with Crippen molar-refractivity contribution in [3.05, 3.63) is 24.3 Å². The summed E-state index contributed by atoms with van der Waals surface area (Å²) in [5.74, 6) is -0.0727. The van der Waals surface area contributed by atoms with Gasteiger partial charge in [0, 0.05) is 12.8 Å². The highest BCUT2D eigenvalue weighted by Crippen LogP contribution is 2.17. The van der Waals surface area contributed by atoms with Gasteiger partial charge >= 0.3 is 5.97 Å². The van der Waals surface area contributed by atoms with Crippen LogP contribution in [0.1, 0.15) is 309 Å². The Morgan fingerprint density at radius 1 is 0.438 bits per heavy atom. The third-order valence-corrected chi connectivity index (χ3v) is 13.3. The Morgan fingerprint density at radius 3 is 1.22 bits per heavy atom. The van der Waals surface area contributed by atoms with Crippen LogP contribution in [0.25, 0.3) is 0 Å². The van der Waals surface area contributed by atoms with Crippen molar-refractivity contribution in [2.75, 3.05) is 13.2 Å². The summed E-state index contributed by atoms with van der Waals surface area (Å²) in [7, 11) is 0. The number of aliphatic hydroxyl groups excluding tert-OH is 2. The minimum absolute atomic E-state index is 0.0207. The smallest absolute Gasteiger partial charge is 0.305 e. The summed E-state index contributed by atoms with van der Waals surface area (Å²) in [5.41, 5.74) is 0. The number of esters is 1. The highest BCUT2D eigenvalue weighted by Gasteiger charge is 2.20. The van der Waals surface area contributed by atoms with Crippen molar-refractivity contribution in [3.63, 3.8) is 0 Å². The minimum atomic E-state index is -0.678. The van der Waals surface area contributed by atoms with Crippen LogP contribution in [0.5, 0.6) is 0 Å². The van der Waals surface area contributed by atoms with Crippen LogP contribution in [0.3, 0.4) is 0 Å². The molecule has 6 heteroatoms. The second kappa shape index (κ2) is 54.0. The lowest BCUT2D eigenvalue weighted by atomic mass is 10.0. The summed E-state index contributed by atoms with van der Waals surface area (Å²) < 4.78 is 5.47. The molecule has 0 aliphatic heterocycles. The molecule has 0 saturated heterocycles. The Balaban J connectivity index is 3.46. The summed E-state index contributed by atoms with van der Waals surface area (Å²) in [6.07, 6.45) is 64.4. The van der Waals surface area contributed by atoms with Crippen LogP contribution in [0, 0.1) is 0 Å². The Hall–Kier alpha value is -1.66. The van der Waals surface area contributed by atoms with E-state index < -0.39 is 12.1 Å². The quantitative estimate of drug-likeness (QED) is 0.0321. The van der Waals surface area contributed by atoms with Gasteiger partial charge in [0.05, 0.1) is 25.4 Å². The van der Waals surface area contributed by atoms with Crippen molar-refractivity contribution in [2.45, 2.75) is 321 Å². The molecule has 0 fully saturated rings. The molecule has 0 saturated carbocycles. The van der Waals surface area contributed by atoms with E-state index in [4.69, 9.17) is 4.74 Å². The summed E-state index contributed by atoms with van der Waals surface area (Å²) in [6, 6.07) is -0.557. The fraction of sp³-hybridized carbons (Fsp3) is 0.897. The van der Waals surface area contributed by atoms with Gasteiger partial charge in [0.2, 0.25) is 5.91 Å². The van der Waals surface area contributed by atoms with Gasteiger partial charge in [-0.05, 0) is 57.8 Å². The Morgan fingerprint density at radius 2 is 0.781 bits per heavy atom. The summed E-state index contributed by atoms with van der Waals surface area (Å²) >= 11 is 0. The SMILES string of the molecule is CCCCC/C=C\C/C=C\CCCCCCCCCC(=O)OCCCCCCCCCCCCCC(=O)NC(CO)C(O)CCCCCCCCCCCCCCCCCCCCC. The van der Waals surface area contributed by atoms with Crippen molar-refractivity contribution >= 4 is 11.9 Å². The molecule has 3 N–H and O–H groups in total. The van der Waals surface area contributed by atoms with Gasteiger partial charge in [0.25, 0.3) is 0 Å². The molecule has 1 amide bonds. The van der Waals surface area contributed by atoms with Crippen LogP contribution in [0.2, 0.25) is 0 Å². The van der Waals surface area contributed by atoms with Gasteiger partial charge in [0.15, 0.2) is 0 Å². The van der Waals surface area contributed by atoms with E-state index >= 15 is 0 Å². The molecule has 0 aromatic heterocycles. The van der Waals surface area contributed by atoms with Gasteiger partial charge < -0.3 is 20.3 Å². The number of aliphatic hydroxyl groups is 2. The fourth-order valence-electron chi connectivity index (χ4n) is 8.85. The van der Waals surface area contributed by atoms with Gasteiger partial charge in [-0.1, -0.05) is 263 Å². The second-order valence-corrected chi connectivity index (χ2v) is 19.6. The normalized spacial score (nSPS) is 12.8. The molecule has 2 atom stereocenters. The maximum absolute atomic E-state index is 12.5. The van der Waals surface area contributed by atoms with Gasteiger partial charge in [0.1, 0.15) is 0 Å². The highest BCUT2D eigenvalue weighted by molar-refractivity contribution is 5.76. The number of unbranched alkanes of at least 4 members (excludes halogenated alkanes) is 38. The summed E-state index contributed by atoms with van der Waals surface area (Å²) in [5, 5.41) is 23.3. The third-order valence-electron chi connectivity index (χ3n) is 13.3. The molecule has 0 spiro atoms. The number of nitrogens with one attached hydrogen (secondary N) is 1. The van der Waals surface area contributed by atoms with Gasteiger partial charge in [-0.15, -0.1) is 0 Å². The monoisotopic (exact) mass is 902 g/mol. The average molecular weight is 903 g/mol. The average Bonchev–Trinajstić information content (AvgIpc) is 3.29. The minimum Gasteiger partial charge on any atom is -0.466 e. The zero-order valence-electron chi connectivity index (χ0n) is 43.0. The predicted molar refractivity (Wildman–Crippen MR) is 278 cm³/mol. The maximum Gasteiger partial charge on any atom is 0.305 e. The molecular weight excluding hydrogens is 791 g/mol. The predicted octanol–water partition coefficient (Wildman–Crippen LogP) is 17.5. The zero-order chi connectivity index (χ0) is 46.5. The first kappa shape index (κ1) is 62.3. The number of carbonyl (C=O) groups is 2. The highest BCUT2D eigenvalue weighted by atomic mass is 16.5. The Labute approximate surface area is 399 Å². The number of rotatable bonds is 53. The molecule has 0 rings (SSSR count). The number of allylic oxidation sites excluding steroid dienone is 4. The standard InChI is InChI=1S/C58H111NO5/c1-3-5-7-9-11-13-15-17-19-21-22-24-25-27-30-34-38-42-46-50-56(61)55(54-60)59-57(62)51-47-43-39-35-31-29-33-37-41-45-49-53-64-58(63)52-48-44-40-36-32-28-26-23-20-18-16-14-12-10-8-6-4-2/h12,14,18,20,55-56,60-61H,3-11,13,15-17,19,21-54H2,1-2H3,(H,59,62)/b14-12-,20-18-. The molecular formula is C58H111NO5. The van der Waals surface area contributed by atoms with Crippen molar-refractivity contribution in [3.8, 4) is 0 Å². The van der Waals surface area contributed by atoms with E-state index in [1.165, 1.54) is 212 Å². The largest absolute Gasteiger partial charge is 0.466 e. The number of ether oxygens (including phenoxy) is 1. The van der Waals surface area contributed by atoms with E-state index in [0.717, 1.165) is 64.2 Å². The zero-order valence-corrected chi connectivity index (χ0v) is 43.0. The maximum atomic E-state index is 12.5. The van der Waals surface area contributed by atoms with Gasteiger partial charge in [-0.25, -0.2) is 0 Å². The number of amides is 1. The van der Waals surface area contributed by atoms with E-state index in [1.54, 1.807) is 0 Å². The molecule has 0 aromatic rings. The lowest BCUT2D eigenvalue weighted by Crippen LogP contribution is -2.45. The molecule has 6 nitrogen and oxygen atoms in total. The molecule has 0 aliphatic carbocycles. The first-order chi connectivity index (χ1) is 31.5. The van der Waals surface area contributed by atoms with Crippen molar-refractivity contribution in [2.24, 2.45) is 0 Å². The van der Waals surface area contributed by atoms with Crippen LogP contribution < -0.4 is 5.32 Å². The van der Waals surface area contributed by atoms with Crippen molar-refractivity contribution < 1.29 is 24.5 Å². The van der Waals surface area contributed by atoms with Crippen LogP contribution in [0.15, 0.2) is 24.3 Å². The van der Waals surface area contributed by atoms with Crippen LogP contribution in [0.4, 0.5) is 0 Å². The van der Waals surface area contributed by atoms with Crippen LogP contribution >= 0.6 is 0 Å². The number of hydrogen-bond donors (Lipinski definition) is 3. The van der Waals surface area contributed by atoms with E-state index in [9.17, 15) is 19.8 Å². The number of carbonyl (C=O) groups excluding carboxylic acids is 2. The third kappa shape index (κ3) is 49.8. The van der Waals surface area contributed by atoms with Gasteiger partial charge in [-0.2, -0.15) is 0 Å². The molecule has 378 valence electrons. The van der Waals surface area contributed by atoms with Gasteiger partial charge in [-0.3, -0.25) is 9.59 Å². The molecule has 0 radical (unpaired) electrons. The van der Waals surface area contributed by atoms with E-state index in [1.807, 2.05) is 0 Å². The fourth-order valence-corrected chi connectivity index (χ4v) is 8.85. The molecule has 0 heterocycles. The number of hydrogen-bond acceptors (Lipinski definition) is 5. The molecule has 2 unspecified atom stereocenters. The van der Waals surface area contributed by atoms with E-state index in [-0.39, 0.29) is 18.5 Å². The van der Waals surface area contributed by atoms with Crippen molar-refractivity contribution in [1.82, 2.24) is 5.32 Å². The van der Waals surface area contributed by atoms with Crippen LogP contribution in [-0.2, 0) is 14.3 Å². The molecule has 0 aliphatic rings. The lowest BCUT2D eigenvalue weighted by Gasteiger charge is -2.22. The Bertz CT molecular complexity index is 997. The molecule has 0 bridgehead atoms. The molecule has 0 aromatic carbocycles. The van der Waals surface area contributed by atoms with Crippen LogP contribution in [-0.4, -0.2) is 47.4 Å². The molecule has 64 heavy (non-hydrogen) atoms. The van der Waals surface area contributed by atoms with E-state index in [2.05, 4.69) is 43.5 Å². The summed E-state index contributed by atoms with van der Waals surface area (Å²) in [6.45, 7) is 4.90. The lowest BCUT2D eigenvalue weighted by molar-refractivity contribution is -0.143.